The molecule has 0 spiro atoms. The standard InChI is InChI=1S/C20H32O2/c1-4-5-6-7-8-11-14-18(2)17-19(3)15-12-9-10-13-16-20(21)22/h7-9,12,14H,3-6,10-11,13,15-17H2,1-2H3,(H,21,22)/b8-7-,12-9+,18-14+. The Balaban J connectivity index is 3.78. The van der Waals surface area contributed by atoms with E-state index in [-0.39, 0.29) is 6.42 Å². The van der Waals surface area contributed by atoms with Gasteiger partial charge in [0, 0.05) is 6.42 Å². The molecule has 0 saturated carbocycles. The van der Waals surface area contributed by atoms with Gasteiger partial charge in [0.25, 0.3) is 0 Å². The number of rotatable bonds is 13. The number of carboxylic acids is 1. The number of aliphatic carboxylic acids is 1. The van der Waals surface area contributed by atoms with Crippen LogP contribution in [0.2, 0.25) is 0 Å². The van der Waals surface area contributed by atoms with E-state index in [2.05, 4.69) is 50.8 Å². The van der Waals surface area contributed by atoms with Crippen molar-refractivity contribution in [2.24, 2.45) is 0 Å². The third-order valence-corrected chi connectivity index (χ3v) is 3.36. The van der Waals surface area contributed by atoms with Crippen molar-refractivity contribution >= 4 is 5.97 Å². The average molecular weight is 304 g/mol. The Morgan fingerprint density at radius 2 is 1.77 bits per heavy atom. The van der Waals surface area contributed by atoms with Gasteiger partial charge >= 0.3 is 5.97 Å². The molecule has 0 fully saturated rings. The summed E-state index contributed by atoms with van der Waals surface area (Å²) in [5.41, 5.74) is 2.57. The fraction of sp³-hybridized carbons (Fsp3) is 0.550. The molecule has 1 N–H and O–H groups in total. The van der Waals surface area contributed by atoms with Crippen LogP contribution in [-0.2, 0) is 4.79 Å². The second-order valence-corrected chi connectivity index (χ2v) is 5.79. The Morgan fingerprint density at radius 1 is 1.09 bits per heavy atom. The van der Waals surface area contributed by atoms with Gasteiger partial charge in [0.2, 0.25) is 0 Å². The highest BCUT2D eigenvalue weighted by molar-refractivity contribution is 5.66. The van der Waals surface area contributed by atoms with Crippen molar-refractivity contribution in [3.63, 3.8) is 0 Å². The molecule has 0 atom stereocenters. The minimum atomic E-state index is -0.720. The Bertz CT molecular complexity index is 400. The summed E-state index contributed by atoms with van der Waals surface area (Å²) in [6.45, 7) is 8.47. The summed E-state index contributed by atoms with van der Waals surface area (Å²) >= 11 is 0. The smallest absolute Gasteiger partial charge is 0.303 e. The van der Waals surface area contributed by atoms with E-state index in [0.717, 1.165) is 25.7 Å². The lowest BCUT2D eigenvalue weighted by atomic mass is 10.0. The molecule has 124 valence electrons. The Hall–Kier alpha value is -1.57. The lowest BCUT2D eigenvalue weighted by molar-refractivity contribution is -0.137. The molecule has 0 saturated heterocycles. The Kier molecular flexibility index (Phi) is 13.3. The lowest BCUT2D eigenvalue weighted by Crippen LogP contribution is -1.92. The van der Waals surface area contributed by atoms with Gasteiger partial charge in [0.15, 0.2) is 0 Å². The molecule has 0 bridgehead atoms. The van der Waals surface area contributed by atoms with E-state index in [0.29, 0.717) is 6.42 Å². The van der Waals surface area contributed by atoms with E-state index >= 15 is 0 Å². The summed E-state index contributed by atoms with van der Waals surface area (Å²) in [7, 11) is 0. The van der Waals surface area contributed by atoms with Gasteiger partial charge < -0.3 is 5.11 Å². The van der Waals surface area contributed by atoms with Gasteiger partial charge in [-0.1, -0.05) is 67.9 Å². The van der Waals surface area contributed by atoms with Crippen LogP contribution in [0.3, 0.4) is 0 Å². The van der Waals surface area contributed by atoms with Crippen LogP contribution >= 0.6 is 0 Å². The van der Waals surface area contributed by atoms with Crippen molar-refractivity contribution in [2.45, 2.75) is 71.6 Å². The van der Waals surface area contributed by atoms with Gasteiger partial charge in [-0.2, -0.15) is 0 Å². The van der Waals surface area contributed by atoms with Gasteiger partial charge in [-0.15, -0.1) is 0 Å². The number of hydrogen-bond donors (Lipinski definition) is 1. The number of hydrogen-bond acceptors (Lipinski definition) is 1. The topological polar surface area (TPSA) is 37.3 Å². The predicted molar refractivity (Wildman–Crippen MR) is 96.0 cm³/mol. The fourth-order valence-corrected chi connectivity index (χ4v) is 2.08. The zero-order chi connectivity index (χ0) is 16.6. The zero-order valence-corrected chi connectivity index (χ0v) is 14.3. The third kappa shape index (κ3) is 14.8. The first-order chi connectivity index (χ1) is 10.6. The van der Waals surface area contributed by atoms with E-state index in [9.17, 15) is 4.79 Å². The zero-order valence-electron chi connectivity index (χ0n) is 14.3. The van der Waals surface area contributed by atoms with E-state index in [1.165, 1.54) is 30.4 Å². The number of carbonyl (C=O) groups is 1. The summed E-state index contributed by atoms with van der Waals surface area (Å²) in [5, 5.41) is 8.54. The minimum absolute atomic E-state index is 0.249. The van der Waals surface area contributed by atoms with E-state index in [1.807, 2.05) is 0 Å². The SMILES string of the molecule is C=C(C/C=C/CCCC(=O)O)C/C(C)=C/C/C=C\CCCC. The monoisotopic (exact) mass is 304 g/mol. The molecule has 0 radical (unpaired) electrons. The third-order valence-electron chi connectivity index (χ3n) is 3.36. The molecule has 0 aliphatic rings. The Morgan fingerprint density at radius 3 is 2.45 bits per heavy atom. The van der Waals surface area contributed by atoms with Crippen molar-refractivity contribution in [1.29, 1.82) is 0 Å². The van der Waals surface area contributed by atoms with Gasteiger partial charge in [0.1, 0.15) is 0 Å². The molecule has 2 heteroatoms. The van der Waals surface area contributed by atoms with Crippen molar-refractivity contribution in [3.8, 4) is 0 Å². The summed E-state index contributed by atoms with van der Waals surface area (Å²) in [5.74, 6) is -0.720. The summed E-state index contributed by atoms with van der Waals surface area (Å²) in [4.78, 5) is 10.4. The maximum absolute atomic E-state index is 10.4. The minimum Gasteiger partial charge on any atom is -0.481 e. The molecule has 22 heavy (non-hydrogen) atoms. The van der Waals surface area contributed by atoms with Crippen LogP contribution in [0.25, 0.3) is 0 Å². The molecule has 2 nitrogen and oxygen atoms in total. The molecule has 0 aromatic rings. The highest BCUT2D eigenvalue weighted by atomic mass is 16.4. The van der Waals surface area contributed by atoms with Gasteiger partial charge in [-0.25, -0.2) is 0 Å². The maximum atomic E-state index is 10.4. The molecule has 0 aliphatic heterocycles. The van der Waals surface area contributed by atoms with Gasteiger partial charge in [-0.3, -0.25) is 4.79 Å². The molecule has 0 unspecified atom stereocenters. The lowest BCUT2D eigenvalue weighted by Gasteiger charge is -2.03. The first-order valence-corrected chi connectivity index (χ1v) is 8.40. The van der Waals surface area contributed by atoms with Crippen LogP contribution in [-0.4, -0.2) is 11.1 Å². The molecule has 0 amide bonds. The van der Waals surface area contributed by atoms with Crippen molar-refractivity contribution < 1.29 is 9.90 Å². The van der Waals surface area contributed by atoms with Gasteiger partial charge in [0.05, 0.1) is 0 Å². The number of unbranched alkanes of at least 4 members (excludes halogenated alkanes) is 3. The largest absolute Gasteiger partial charge is 0.481 e. The van der Waals surface area contributed by atoms with Crippen molar-refractivity contribution in [1.82, 2.24) is 0 Å². The maximum Gasteiger partial charge on any atom is 0.303 e. The first kappa shape index (κ1) is 20.4. The van der Waals surface area contributed by atoms with Crippen molar-refractivity contribution in [2.75, 3.05) is 0 Å². The van der Waals surface area contributed by atoms with E-state index in [1.54, 1.807) is 0 Å². The summed E-state index contributed by atoms with van der Waals surface area (Å²) in [6, 6.07) is 0. The van der Waals surface area contributed by atoms with Crippen molar-refractivity contribution in [3.05, 3.63) is 48.1 Å². The van der Waals surface area contributed by atoms with Crippen LogP contribution in [0.1, 0.15) is 71.6 Å². The van der Waals surface area contributed by atoms with Crippen LogP contribution in [0.4, 0.5) is 0 Å². The quantitative estimate of drug-likeness (QED) is 0.324. The van der Waals surface area contributed by atoms with Gasteiger partial charge in [-0.05, 0) is 45.4 Å². The van der Waals surface area contributed by atoms with E-state index < -0.39 is 5.97 Å². The van der Waals surface area contributed by atoms with Crippen LogP contribution in [0.15, 0.2) is 48.1 Å². The van der Waals surface area contributed by atoms with Crippen LogP contribution < -0.4 is 0 Å². The fourth-order valence-electron chi connectivity index (χ4n) is 2.08. The second kappa shape index (κ2) is 14.4. The molecular weight excluding hydrogens is 272 g/mol. The average Bonchev–Trinajstić information content (AvgIpc) is 2.46. The molecule has 0 aromatic carbocycles. The van der Waals surface area contributed by atoms with Crippen LogP contribution in [0.5, 0.6) is 0 Å². The Labute approximate surface area is 136 Å². The molecule has 0 heterocycles. The first-order valence-electron chi connectivity index (χ1n) is 8.40. The highest BCUT2D eigenvalue weighted by Gasteiger charge is 1.95. The molecule has 0 rings (SSSR count). The molecular formula is C20H32O2. The number of allylic oxidation sites excluding steroid dienone is 7. The second-order valence-electron chi connectivity index (χ2n) is 5.79. The summed E-state index contributed by atoms with van der Waals surface area (Å²) in [6.07, 6.45) is 19.3. The highest BCUT2D eigenvalue weighted by Crippen LogP contribution is 2.14. The van der Waals surface area contributed by atoms with Crippen LogP contribution in [0, 0.1) is 0 Å². The van der Waals surface area contributed by atoms with E-state index in [4.69, 9.17) is 5.11 Å². The molecule has 0 aliphatic carbocycles. The molecule has 0 aromatic heterocycles. The summed E-state index contributed by atoms with van der Waals surface area (Å²) < 4.78 is 0. The predicted octanol–water partition coefficient (Wildman–Crippen LogP) is 6.22. The normalized spacial score (nSPS) is 12.4. The number of carboxylic acid groups (broad SMARTS) is 1.